The first-order valence-corrected chi connectivity index (χ1v) is 11.1. The first-order chi connectivity index (χ1) is 14.5. The topological polar surface area (TPSA) is 57.7 Å². The van der Waals surface area contributed by atoms with Gasteiger partial charge in [0, 0.05) is 44.8 Å². The molecule has 0 spiro atoms. The summed E-state index contributed by atoms with van der Waals surface area (Å²) >= 11 is 1.72. The number of amides is 1. The first-order valence-electron chi connectivity index (χ1n) is 10.3. The Morgan fingerprint density at radius 1 is 1.17 bits per heavy atom. The van der Waals surface area contributed by atoms with E-state index in [2.05, 4.69) is 21.2 Å². The second kappa shape index (κ2) is 9.02. The van der Waals surface area contributed by atoms with E-state index in [-0.39, 0.29) is 5.91 Å². The van der Waals surface area contributed by atoms with Gasteiger partial charge < -0.3 is 15.0 Å². The molecular formula is C23H28N4O2S. The third-order valence-corrected chi connectivity index (χ3v) is 6.65. The van der Waals surface area contributed by atoms with Gasteiger partial charge in [-0.25, -0.2) is 4.98 Å². The monoisotopic (exact) mass is 424 g/mol. The van der Waals surface area contributed by atoms with Gasteiger partial charge in [0.25, 0.3) is 5.91 Å². The smallest absolute Gasteiger partial charge is 0.251 e. The molecular weight excluding hydrogens is 396 g/mol. The number of anilines is 1. The summed E-state index contributed by atoms with van der Waals surface area (Å²) in [5.41, 5.74) is 3.90. The molecule has 2 aromatic carbocycles. The number of carbonyl (C=O) groups is 1. The molecule has 1 N–H and O–H groups in total. The molecule has 0 aliphatic carbocycles. The zero-order valence-electron chi connectivity index (χ0n) is 17.8. The molecule has 0 atom stereocenters. The molecule has 1 aromatic heterocycles. The molecule has 0 bridgehead atoms. The number of hydrogen-bond acceptors (Lipinski definition) is 6. The Morgan fingerprint density at radius 2 is 1.97 bits per heavy atom. The third-order valence-electron chi connectivity index (χ3n) is 5.57. The van der Waals surface area contributed by atoms with Crippen LogP contribution in [0.3, 0.4) is 0 Å². The number of ether oxygens (including phenoxy) is 1. The fourth-order valence-electron chi connectivity index (χ4n) is 3.87. The van der Waals surface area contributed by atoms with E-state index in [1.54, 1.807) is 18.4 Å². The van der Waals surface area contributed by atoms with E-state index in [0.717, 1.165) is 64.9 Å². The molecule has 0 radical (unpaired) electrons. The minimum absolute atomic E-state index is 0.00885. The molecule has 158 valence electrons. The van der Waals surface area contributed by atoms with E-state index in [1.165, 1.54) is 5.56 Å². The van der Waals surface area contributed by atoms with Crippen molar-refractivity contribution in [2.75, 3.05) is 51.3 Å². The van der Waals surface area contributed by atoms with Crippen molar-refractivity contribution in [2.45, 2.75) is 13.8 Å². The van der Waals surface area contributed by atoms with Crippen LogP contribution in [0.4, 0.5) is 5.13 Å². The van der Waals surface area contributed by atoms with Gasteiger partial charge in [0.1, 0.15) is 11.3 Å². The van der Waals surface area contributed by atoms with Crippen LogP contribution in [0.5, 0.6) is 5.75 Å². The average molecular weight is 425 g/mol. The lowest BCUT2D eigenvalue weighted by Crippen LogP contribution is -2.48. The van der Waals surface area contributed by atoms with Crippen LogP contribution in [0.1, 0.15) is 21.5 Å². The molecule has 30 heavy (non-hydrogen) atoms. The number of aryl methyl sites for hydroxylation is 2. The van der Waals surface area contributed by atoms with Crippen LogP contribution in [0.15, 0.2) is 36.4 Å². The van der Waals surface area contributed by atoms with E-state index in [4.69, 9.17) is 9.72 Å². The molecule has 1 saturated heterocycles. The van der Waals surface area contributed by atoms with Gasteiger partial charge in [0.05, 0.1) is 11.8 Å². The normalized spacial score (nSPS) is 14.8. The van der Waals surface area contributed by atoms with E-state index in [1.807, 2.05) is 44.2 Å². The van der Waals surface area contributed by atoms with Gasteiger partial charge in [-0.05, 0) is 37.6 Å². The number of nitrogens with zero attached hydrogens (tertiary/aromatic N) is 3. The summed E-state index contributed by atoms with van der Waals surface area (Å²) in [5, 5.41) is 4.11. The van der Waals surface area contributed by atoms with Gasteiger partial charge in [-0.2, -0.15) is 0 Å². The number of fused-ring (bicyclic) bond motifs is 1. The largest absolute Gasteiger partial charge is 0.494 e. The fourth-order valence-corrected chi connectivity index (χ4v) is 4.90. The Morgan fingerprint density at radius 3 is 2.70 bits per heavy atom. The molecule has 0 saturated carbocycles. The molecule has 1 amide bonds. The first kappa shape index (κ1) is 20.6. The fraction of sp³-hybridized carbons (Fsp3) is 0.391. The van der Waals surface area contributed by atoms with Gasteiger partial charge >= 0.3 is 0 Å². The number of hydrogen-bond donors (Lipinski definition) is 1. The highest BCUT2D eigenvalue weighted by Gasteiger charge is 2.20. The number of thiazole rings is 1. The summed E-state index contributed by atoms with van der Waals surface area (Å²) in [5.74, 6) is 0.836. The summed E-state index contributed by atoms with van der Waals surface area (Å²) in [6, 6.07) is 12.0. The van der Waals surface area contributed by atoms with Crippen molar-refractivity contribution in [3.63, 3.8) is 0 Å². The summed E-state index contributed by atoms with van der Waals surface area (Å²) < 4.78 is 6.59. The predicted octanol–water partition coefficient (Wildman–Crippen LogP) is 3.47. The Balaban J connectivity index is 1.27. The van der Waals surface area contributed by atoms with Crippen molar-refractivity contribution in [2.24, 2.45) is 0 Å². The molecule has 3 aromatic rings. The summed E-state index contributed by atoms with van der Waals surface area (Å²) in [6.07, 6.45) is 0. The maximum Gasteiger partial charge on any atom is 0.251 e. The number of para-hydroxylation sites is 1. The highest BCUT2D eigenvalue weighted by atomic mass is 32.1. The molecule has 2 heterocycles. The molecule has 4 rings (SSSR count). The van der Waals surface area contributed by atoms with Crippen molar-refractivity contribution in [1.29, 1.82) is 0 Å². The Labute approximate surface area is 181 Å². The maximum atomic E-state index is 12.4. The molecule has 6 nitrogen and oxygen atoms in total. The van der Waals surface area contributed by atoms with Crippen LogP contribution in [0.25, 0.3) is 10.2 Å². The molecule has 1 fully saturated rings. The Kier molecular flexibility index (Phi) is 6.20. The van der Waals surface area contributed by atoms with Crippen molar-refractivity contribution in [3.05, 3.63) is 53.1 Å². The minimum Gasteiger partial charge on any atom is -0.494 e. The zero-order valence-corrected chi connectivity index (χ0v) is 18.6. The standard InChI is InChI=1S/C23H28N4O2S/c1-16-7-8-18(17(2)15-16)22(28)24-9-10-26-11-13-27(14-12-26)23-25-21-19(29-3)5-4-6-20(21)30-23/h4-8,15H,9-14H2,1-3H3,(H,24,28). The maximum absolute atomic E-state index is 12.4. The Bertz CT molecular complexity index is 1040. The second-order valence-electron chi connectivity index (χ2n) is 7.71. The number of methoxy groups -OCH3 is 1. The highest BCUT2D eigenvalue weighted by molar-refractivity contribution is 7.22. The summed E-state index contributed by atoms with van der Waals surface area (Å²) in [6.45, 7) is 9.35. The van der Waals surface area contributed by atoms with Crippen molar-refractivity contribution >= 4 is 32.6 Å². The van der Waals surface area contributed by atoms with Gasteiger partial charge in [0.2, 0.25) is 0 Å². The average Bonchev–Trinajstić information content (AvgIpc) is 3.18. The van der Waals surface area contributed by atoms with Gasteiger partial charge in [0.15, 0.2) is 5.13 Å². The van der Waals surface area contributed by atoms with Crippen molar-refractivity contribution in [1.82, 2.24) is 15.2 Å². The predicted molar refractivity (Wildman–Crippen MR) is 123 cm³/mol. The van der Waals surface area contributed by atoms with Crippen molar-refractivity contribution < 1.29 is 9.53 Å². The number of benzene rings is 2. The summed E-state index contributed by atoms with van der Waals surface area (Å²) in [7, 11) is 1.69. The van der Waals surface area contributed by atoms with Crippen LogP contribution in [0.2, 0.25) is 0 Å². The van der Waals surface area contributed by atoms with Crippen LogP contribution in [0, 0.1) is 13.8 Å². The summed E-state index contributed by atoms with van der Waals surface area (Å²) in [4.78, 5) is 22.0. The highest BCUT2D eigenvalue weighted by Crippen LogP contribution is 2.34. The minimum atomic E-state index is 0.00885. The van der Waals surface area contributed by atoms with E-state index >= 15 is 0 Å². The van der Waals surface area contributed by atoms with Crippen LogP contribution < -0.4 is 15.0 Å². The van der Waals surface area contributed by atoms with E-state index in [9.17, 15) is 4.79 Å². The van der Waals surface area contributed by atoms with E-state index < -0.39 is 0 Å². The lowest BCUT2D eigenvalue weighted by Gasteiger charge is -2.34. The number of rotatable bonds is 6. The van der Waals surface area contributed by atoms with Crippen LogP contribution in [-0.4, -0.2) is 62.2 Å². The SMILES string of the molecule is COc1cccc2sc(N3CCN(CCNC(=O)c4ccc(C)cc4C)CC3)nc12. The van der Waals surface area contributed by atoms with Gasteiger partial charge in [-0.1, -0.05) is 35.1 Å². The van der Waals surface area contributed by atoms with Crippen LogP contribution in [-0.2, 0) is 0 Å². The molecule has 1 aliphatic heterocycles. The number of aromatic nitrogens is 1. The number of nitrogens with one attached hydrogen (secondary N) is 1. The number of carbonyl (C=O) groups excluding carboxylic acids is 1. The lowest BCUT2D eigenvalue weighted by molar-refractivity contribution is 0.0947. The zero-order chi connectivity index (χ0) is 21.1. The van der Waals surface area contributed by atoms with E-state index in [0.29, 0.717) is 6.54 Å². The molecule has 1 aliphatic rings. The molecule has 7 heteroatoms. The van der Waals surface area contributed by atoms with Crippen molar-refractivity contribution in [3.8, 4) is 5.75 Å². The van der Waals surface area contributed by atoms with Crippen LogP contribution >= 0.6 is 11.3 Å². The number of piperazine rings is 1. The lowest BCUT2D eigenvalue weighted by atomic mass is 10.1. The molecule has 0 unspecified atom stereocenters. The second-order valence-corrected chi connectivity index (χ2v) is 8.72. The Hall–Kier alpha value is -2.64. The third kappa shape index (κ3) is 4.42. The quantitative estimate of drug-likeness (QED) is 0.657. The van der Waals surface area contributed by atoms with Gasteiger partial charge in [-0.15, -0.1) is 0 Å². The van der Waals surface area contributed by atoms with Gasteiger partial charge in [-0.3, -0.25) is 9.69 Å².